The van der Waals surface area contributed by atoms with Gasteiger partial charge in [-0.1, -0.05) is 0 Å². The van der Waals surface area contributed by atoms with Gasteiger partial charge < -0.3 is 11.5 Å². The predicted molar refractivity (Wildman–Crippen MR) is 75.6 cm³/mol. The molecule has 9 N–H and O–H groups in total. The lowest BCUT2D eigenvalue weighted by Gasteiger charge is -2.07. The number of primary amides is 2. The monoisotopic (exact) mass is 288 g/mol. The molecule has 10 nitrogen and oxygen atoms in total. The van der Waals surface area contributed by atoms with Crippen molar-refractivity contribution in [2.45, 2.75) is 20.8 Å². The zero-order valence-corrected chi connectivity index (χ0v) is 12.0. The Labute approximate surface area is 118 Å². The summed E-state index contributed by atoms with van der Waals surface area (Å²) in [5.41, 5.74) is 10.5. The summed E-state index contributed by atoms with van der Waals surface area (Å²) in [7, 11) is 0. The van der Waals surface area contributed by atoms with E-state index in [4.69, 9.17) is 23.2 Å². The number of urea groups is 2. The average Bonchev–Trinajstić information content (AvgIpc) is 2.89. The van der Waals surface area contributed by atoms with Gasteiger partial charge in [0.1, 0.15) is 0 Å². The molecular formula is C10H24N8O2. The Kier molecular flexibility index (Phi) is 11.7. The van der Waals surface area contributed by atoms with Crippen LogP contribution in [0.1, 0.15) is 19.5 Å². The summed E-state index contributed by atoms with van der Waals surface area (Å²) in [6.45, 7) is 6.35. The second kappa shape index (κ2) is 11.7. The van der Waals surface area contributed by atoms with Crippen molar-refractivity contribution in [3.63, 3.8) is 0 Å². The topological polar surface area (TPSA) is 173 Å². The summed E-state index contributed by atoms with van der Waals surface area (Å²) < 4.78 is 0. The highest BCUT2D eigenvalue weighted by atomic mass is 16.2. The van der Waals surface area contributed by atoms with Gasteiger partial charge in [0, 0.05) is 25.0 Å². The molecule has 116 valence electrons. The van der Waals surface area contributed by atoms with Gasteiger partial charge in [0.05, 0.1) is 0 Å². The molecular weight excluding hydrogens is 264 g/mol. The maximum atomic E-state index is 9.95. The number of rotatable bonds is 2. The molecule has 0 fully saturated rings. The lowest BCUT2D eigenvalue weighted by atomic mass is 10.5. The van der Waals surface area contributed by atoms with E-state index in [1.54, 1.807) is 20.0 Å². The van der Waals surface area contributed by atoms with Crippen molar-refractivity contribution in [3.05, 3.63) is 18.0 Å². The number of carbonyl (C=O) groups excluding carboxylic acids is 2. The molecule has 0 bridgehead atoms. The summed E-state index contributed by atoms with van der Waals surface area (Å²) in [6.07, 6.45) is 1.73. The van der Waals surface area contributed by atoms with Crippen LogP contribution >= 0.6 is 0 Å². The molecule has 1 heterocycles. The number of hydrazine groups is 2. The smallest absolute Gasteiger partial charge is 0.328 e. The molecule has 0 aliphatic rings. The maximum Gasteiger partial charge on any atom is 0.328 e. The zero-order chi connectivity index (χ0) is 16.1. The van der Waals surface area contributed by atoms with Crippen molar-refractivity contribution in [1.82, 2.24) is 20.2 Å². The largest absolute Gasteiger partial charge is 0.350 e. The molecule has 0 aromatic carbocycles. The van der Waals surface area contributed by atoms with Crippen LogP contribution in [0.15, 0.2) is 12.3 Å². The number of H-pyrrole nitrogens is 1. The summed E-state index contributed by atoms with van der Waals surface area (Å²) >= 11 is 0. The fraction of sp³-hybridized carbons (Fsp3) is 0.500. The molecule has 1 rings (SSSR count). The molecule has 0 spiro atoms. The third kappa shape index (κ3) is 12.1. The number of aryl methyl sites for hydroxylation is 1. The fourth-order valence-corrected chi connectivity index (χ4v) is 0.637. The van der Waals surface area contributed by atoms with Crippen molar-refractivity contribution < 1.29 is 9.59 Å². The van der Waals surface area contributed by atoms with Gasteiger partial charge in [-0.2, -0.15) is 5.10 Å². The number of nitrogens with zero attached hydrogens (tertiary/aromatic N) is 3. The molecule has 1 aromatic heterocycles. The number of aromatic amines is 1. The van der Waals surface area contributed by atoms with Crippen molar-refractivity contribution in [2.24, 2.45) is 23.2 Å². The second-order valence-corrected chi connectivity index (χ2v) is 3.49. The van der Waals surface area contributed by atoms with Crippen LogP contribution in [-0.4, -0.2) is 45.4 Å². The van der Waals surface area contributed by atoms with Gasteiger partial charge in [-0.05, 0) is 26.8 Å². The van der Waals surface area contributed by atoms with E-state index in [1.165, 1.54) is 0 Å². The highest BCUT2D eigenvalue weighted by molar-refractivity contribution is 5.71. The van der Waals surface area contributed by atoms with Crippen LogP contribution < -0.4 is 23.2 Å². The minimum Gasteiger partial charge on any atom is -0.350 e. The lowest BCUT2D eigenvalue weighted by molar-refractivity contribution is 0.211. The number of hydrogen-bond acceptors (Lipinski definition) is 5. The van der Waals surface area contributed by atoms with E-state index in [2.05, 4.69) is 10.2 Å². The third-order valence-electron chi connectivity index (χ3n) is 1.89. The number of aromatic nitrogens is 2. The number of amides is 4. The first-order chi connectivity index (χ1) is 9.26. The van der Waals surface area contributed by atoms with E-state index < -0.39 is 12.1 Å². The first-order valence-electron chi connectivity index (χ1n) is 5.85. The summed E-state index contributed by atoms with van der Waals surface area (Å²) in [5, 5.41) is 8.31. The fourth-order valence-electron chi connectivity index (χ4n) is 0.637. The van der Waals surface area contributed by atoms with Gasteiger partial charge >= 0.3 is 12.1 Å². The van der Waals surface area contributed by atoms with Gasteiger partial charge in [-0.25, -0.2) is 21.3 Å². The molecule has 0 unspecified atom stereocenters. The van der Waals surface area contributed by atoms with E-state index in [1.807, 2.05) is 13.0 Å². The number of carbonyl (C=O) groups is 2. The van der Waals surface area contributed by atoms with E-state index in [9.17, 15) is 9.59 Å². The van der Waals surface area contributed by atoms with Gasteiger partial charge in [0.15, 0.2) is 0 Å². The zero-order valence-electron chi connectivity index (χ0n) is 12.0. The Morgan fingerprint density at radius 2 is 1.55 bits per heavy atom. The molecule has 0 atom stereocenters. The average molecular weight is 288 g/mol. The molecule has 20 heavy (non-hydrogen) atoms. The Morgan fingerprint density at radius 1 is 1.15 bits per heavy atom. The van der Waals surface area contributed by atoms with Crippen LogP contribution in [0.3, 0.4) is 0 Å². The van der Waals surface area contributed by atoms with Crippen LogP contribution in [0.2, 0.25) is 0 Å². The number of hydrogen-bond donors (Lipinski definition) is 5. The van der Waals surface area contributed by atoms with Gasteiger partial charge in [0.2, 0.25) is 0 Å². The molecule has 1 aromatic rings. The SMILES string of the molecule is CCN(N)C(N)=O.CCN(N)C(N)=O.Cc1ccn[nH]1. The van der Waals surface area contributed by atoms with Gasteiger partial charge in [-0.3, -0.25) is 15.1 Å². The normalized spacial score (nSPS) is 8.45. The molecule has 0 saturated heterocycles. The highest BCUT2D eigenvalue weighted by Crippen LogP contribution is 1.82. The van der Waals surface area contributed by atoms with E-state index in [-0.39, 0.29) is 0 Å². The maximum absolute atomic E-state index is 9.95. The standard InChI is InChI=1S/C4H6N2.2C3H9N3O/c1-4-2-3-5-6-4;2*1-2-6(5)3(4)7/h2-3H,1H3,(H,5,6);2*2,5H2,1H3,(H2,4,7). The lowest BCUT2D eigenvalue weighted by Crippen LogP contribution is -2.40. The molecule has 4 amide bonds. The Morgan fingerprint density at radius 3 is 1.60 bits per heavy atom. The molecule has 0 radical (unpaired) electrons. The first-order valence-corrected chi connectivity index (χ1v) is 5.85. The molecule has 10 heteroatoms. The quantitative estimate of drug-likeness (QED) is 0.273. The Balaban J connectivity index is 0. The summed E-state index contributed by atoms with van der Waals surface area (Å²) in [4.78, 5) is 19.9. The second-order valence-electron chi connectivity index (χ2n) is 3.49. The third-order valence-corrected chi connectivity index (χ3v) is 1.89. The van der Waals surface area contributed by atoms with Crippen molar-refractivity contribution >= 4 is 12.1 Å². The van der Waals surface area contributed by atoms with Crippen LogP contribution in [0.25, 0.3) is 0 Å². The van der Waals surface area contributed by atoms with Crippen LogP contribution in [0.5, 0.6) is 0 Å². The van der Waals surface area contributed by atoms with Crippen molar-refractivity contribution in [2.75, 3.05) is 13.1 Å². The van der Waals surface area contributed by atoms with Crippen molar-refractivity contribution in [3.8, 4) is 0 Å². The summed E-state index contributed by atoms with van der Waals surface area (Å²) in [5.74, 6) is 9.95. The predicted octanol–water partition coefficient (Wildman–Crippen LogP) is -0.760. The van der Waals surface area contributed by atoms with Gasteiger partial charge in [-0.15, -0.1) is 0 Å². The van der Waals surface area contributed by atoms with Gasteiger partial charge in [0.25, 0.3) is 0 Å². The van der Waals surface area contributed by atoms with Crippen LogP contribution in [0.4, 0.5) is 9.59 Å². The molecule has 0 saturated carbocycles. The minimum absolute atomic E-state index is 0.454. The highest BCUT2D eigenvalue weighted by Gasteiger charge is 1.96. The number of nitrogens with two attached hydrogens (primary N) is 4. The Bertz CT molecular complexity index is 347. The Hall–Kier alpha value is -2.33. The minimum atomic E-state index is -0.595. The molecule has 0 aliphatic heterocycles. The van der Waals surface area contributed by atoms with Crippen LogP contribution in [-0.2, 0) is 0 Å². The van der Waals surface area contributed by atoms with Crippen LogP contribution in [0, 0.1) is 6.92 Å². The van der Waals surface area contributed by atoms with E-state index >= 15 is 0 Å². The van der Waals surface area contributed by atoms with E-state index in [0.717, 1.165) is 15.7 Å². The van der Waals surface area contributed by atoms with E-state index in [0.29, 0.717) is 13.1 Å². The summed E-state index contributed by atoms with van der Waals surface area (Å²) in [6, 6.07) is 0.727. The first kappa shape index (κ1) is 20.0. The number of nitrogens with one attached hydrogen (secondary N) is 1. The van der Waals surface area contributed by atoms with Crippen molar-refractivity contribution in [1.29, 1.82) is 0 Å². The molecule has 0 aliphatic carbocycles.